The van der Waals surface area contributed by atoms with Gasteiger partial charge in [-0.2, -0.15) is 0 Å². The minimum absolute atomic E-state index is 0.215. The van der Waals surface area contributed by atoms with E-state index in [1.54, 1.807) is 17.0 Å². The molecule has 0 spiro atoms. The van der Waals surface area contributed by atoms with E-state index in [0.29, 0.717) is 31.2 Å². The Morgan fingerprint density at radius 3 is 2.41 bits per heavy atom. The first-order valence-corrected chi connectivity index (χ1v) is 9.01. The molecule has 0 atom stereocenters. The van der Waals surface area contributed by atoms with Gasteiger partial charge in [-0.05, 0) is 18.2 Å². The summed E-state index contributed by atoms with van der Waals surface area (Å²) in [6, 6.07) is 12.2. The number of carbonyl (C=O) groups is 2. The minimum atomic E-state index is -0.619. The molecule has 0 bridgehead atoms. The van der Waals surface area contributed by atoms with Crippen molar-refractivity contribution < 1.29 is 14.3 Å². The average Bonchev–Trinajstić information content (AvgIpc) is 2.68. The van der Waals surface area contributed by atoms with Crippen molar-refractivity contribution >= 4 is 29.2 Å². The molecule has 3 rings (SSSR count). The maximum atomic E-state index is 12.3. The monoisotopic (exact) mass is 389 g/mol. The summed E-state index contributed by atoms with van der Waals surface area (Å²) in [5.41, 5.74) is 0.655. The molecule has 1 fully saturated rings. The van der Waals surface area contributed by atoms with Crippen molar-refractivity contribution in [2.24, 2.45) is 0 Å². The van der Waals surface area contributed by atoms with Gasteiger partial charge in [0.1, 0.15) is 6.54 Å². The summed E-state index contributed by atoms with van der Waals surface area (Å²) in [5.74, 6) is -0.867. The molecule has 1 aliphatic rings. The summed E-state index contributed by atoms with van der Waals surface area (Å²) in [4.78, 5) is 39.5. The zero-order chi connectivity index (χ0) is 19.2. The van der Waals surface area contributed by atoms with Gasteiger partial charge in [-0.15, -0.1) is 0 Å². The zero-order valence-electron chi connectivity index (χ0n) is 14.7. The summed E-state index contributed by atoms with van der Waals surface area (Å²) in [7, 11) is 0. The van der Waals surface area contributed by atoms with Crippen molar-refractivity contribution in [3.05, 3.63) is 64.0 Å². The smallest absolute Gasteiger partial charge is 0.326 e. The number of hydrogen-bond donors (Lipinski definition) is 0. The van der Waals surface area contributed by atoms with Crippen LogP contribution >= 0.6 is 11.6 Å². The molecule has 2 heterocycles. The summed E-state index contributed by atoms with van der Waals surface area (Å²) >= 11 is 6.21. The highest BCUT2D eigenvalue weighted by molar-refractivity contribution is 6.33. The standard InChI is InChI=1S/C19H20ClN3O4/c20-15-5-1-2-6-16(15)21-9-11-22(12-10-21)18(25)14-27-19(26)13-23-8-4-3-7-17(23)24/h1-8H,9-14H2. The molecule has 1 aliphatic heterocycles. The molecule has 2 aromatic rings. The second kappa shape index (κ2) is 8.73. The highest BCUT2D eigenvalue weighted by atomic mass is 35.5. The number of esters is 1. The normalized spacial score (nSPS) is 14.1. The molecule has 8 heteroatoms. The third kappa shape index (κ3) is 4.89. The Balaban J connectivity index is 1.46. The van der Waals surface area contributed by atoms with E-state index in [9.17, 15) is 14.4 Å². The van der Waals surface area contributed by atoms with Gasteiger partial charge in [-0.25, -0.2) is 0 Å². The number of piperazine rings is 1. The minimum Gasteiger partial charge on any atom is -0.454 e. The van der Waals surface area contributed by atoms with Crippen LogP contribution in [-0.2, 0) is 20.9 Å². The SMILES string of the molecule is O=C(Cn1ccccc1=O)OCC(=O)N1CCN(c2ccccc2Cl)CC1. The van der Waals surface area contributed by atoms with Gasteiger partial charge in [0, 0.05) is 38.4 Å². The molecule has 0 N–H and O–H groups in total. The largest absolute Gasteiger partial charge is 0.454 e. The van der Waals surface area contributed by atoms with Crippen LogP contribution in [0, 0.1) is 0 Å². The maximum Gasteiger partial charge on any atom is 0.326 e. The maximum absolute atomic E-state index is 12.3. The average molecular weight is 390 g/mol. The third-order valence-corrected chi connectivity index (χ3v) is 4.70. The van der Waals surface area contributed by atoms with E-state index < -0.39 is 5.97 Å². The van der Waals surface area contributed by atoms with Gasteiger partial charge in [0.05, 0.1) is 10.7 Å². The molecule has 1 aromatic heterocycles. The number of pyridine rings is 1. The van der Waals surface area contributed by atoms with Crippen LogP contribution in [0.15, 0.2) is 53.5 Å². The molecule has 27 heavy (non-hydrogen) atoms. The Kier molecular flexibility index (Phi) is 6.13. The quantitative estimate of drug-likeness (QED) is 0.723. The van der Waals surface area contributed by atoms with Crippen molar-refractivity contribution in [3.63, 3.8) is 0 Å². The lowest BCUT2D eigenvalue weighted by molar-refractivity contribution is -0.152. The lowest BCUT2D eigenvalue weighted by Crippen LogP contribution is -2.50. The topological polar surface area (TPSA) is 71.8 Å². The van der Waals surface area contributed by atoms with E-state index in [-0.39, 0.29) is 24.6 Å². The van der Waals surface area contributed by atoms with E-state index in [1.165, 1.54) is 16.8 Å². The zero-order valence-corrected chi connectivity index (χ0v) is 15.5. The first-order chi connectivity index (χ1) is 13.0. The summed E-state index contributed by atoms with van der Waals surface area (Å²) < 4.78 is 6.25. The van der Waals surface area contributed by atoms with E-state index in [1.807, 2.05) is 24.3 Å². The molecule has 0 unspecified atom stereocenters. The Bertz CT molecular complexity index is 875. The first kappa shape index (κ1) is 19.0. The van der Waals surface area contributed by atoms with E-state index >= 15 is 0 Å². The van der Waals surface area contributed by atoms with Gasteiger partial charge in [-0.3, -0.25) is 14.4 Å². The number of rotatable bonds is 5. The molecular formula is C19H20ClN3O4. The lowest BCUT2D eigenvalue weighted by atomic mass is 10.2. The van der Waals surface area contributed by atoms with E-state index in [4.69, 9.17) is 16.3 Å². The molecule has 1 saturated heterocycles. The number of nitrogens with zero attached hydrogens (tertiary/aromatic N) is 3. The van der Waals surface area contributed by atoms with Crippen LogP contribution in [0.25, 0.3) is 0 Å². The van der Waals surface area contributed by atoms with Crippen LogP contribution in [0.1, 0.15) is 0 Å². The van der Waals surface area contributed by atoms with Crippen LogP contribution < -0.4 is 10.5 Å². The molecule has 0 aliphatic carbocycles. The molecule has 7 nitrogen and oxygen atoms in total. The molecule has 1 aromatic carbocycles. The Hall–Kier alpha value is -2.80. The molecule has 142 valence electrons. The predicted octanol–water partition coefficient (Wildman–Crippen LogP) is 1.39. The van der Waals surface area contributed by atoms with Crippen molar-refractivity contribution in [3.8, 4) is 0 Å². The molecular weight excluding hydrogens is 370 g/mol. The van der Waals surface area contributed by atoms with Gasteiger partial charge in [-0.1, -0.05) is 29.8 Å². The third-order valence-electron chi connectivity index (χ3n) is 4.38. The van der Waals surface area contributed by atoms with Crippen LogP contribution in [0.5, 0.6) is 0 Å². The fourth-order valence-corrected chi connectivity index (χ4v) is 3.17. The fourth-order valence-electron chi connectivity index (χ4n) is 2.91. The number of amides is 1. The number of aromatic nitrogens is 1. The Morgan fingerprint density at radius 1 is 1.00 bits per heavy atom. The number of benzene rings is 1. The molecule has 1 amide bonds. The summed E-state index contributed by atoms with van der Waals surface area (Å²) in [6.45, 7) is 1.82. The first-order valence-electron chi connectivity index (χ1n) is 8.63. The molecule has 0 radical (unpaired) electrons. The number of hydrogen-bond acceptors (Lipinski definition) is 5. The Morgan fingerprint density at radius 2 is 1.70 bits per heavy atom. The van der Waals surface area contributed by atoms with Crippen LogP contribution in [-0.4, -0.2) is 54.1 Å². The fraction of sp³-hybridized carbons (Fsp3) is 0.316. The number of ether oxygens (including phenoxy) is 1. The van der Waals surface area contributed by atoms with Crippen LogP contribution in [0.3, 0.4) is 0 Å². The predicted molar refractivity (Wildman–Crippen MR) is 102 cm³/mol. The van der Waals surface area contributed by atoms with Gasteiger partial charge >= 0.3 is 5.97 Å². The van der Waals surface area contributed by atoms with Crippen molar-refractivity contribution in [1.82, 2.24) is 9.47 Å². The van der Waals surface area contributed by atoms with Gasteiger partial charge in [0.25, 0.3) is 11.5 Å². The van der Waals surface area contributed by atoms with Crippen molar-refractivity contribution in [2.75, 3.05) is 37.7 Å². The number of para-hydroxylation sites is 1. The van der Waals surface area contributed by atoms with Crippen molar-refractivity contribution in [1.29, 1.82) is 0 Å². The van der Waals surface area contributed by atoms with Crippen LogP contribution in [0.2, 0.25) is 5.02 Å². The second-order valence-corrected chi connectivity index (χ2v) is 6.55. The van der Waals surface area contributed by atoms with Crippen molar-refractivity contribution in [2.45, 2.75) is 6.54 Å². The summed E-state index contributed by atoms with van der Waals surface area (Å²) in [6.07, 6.45) is 1.50. The van der Waals surface area contributed by atoms with E-state index in [0.717, 1.165) is 5.69 Å². The van der Waals surface area contributed by atoms with Gasteiger partial charge in [0.2, 0.25) is 0 Å². The van der Waals surface area contributed by atoms with Gasteiger partial charge in [0.15, 0.2) is 6.61 Å². The number of carbonyl (C=O) groups excluding carboxylic acids is 2. The summed E-state index contributed by atoms with van der Waals surface area (Å²) in [5, 5.41) is 0.683. The Labute approximate surface area is 161 Å². The molecule has 0 saturated carbocycles. The second-order valence-electron chi connectivity index (χ2n) is 6.15. The van der Waals surface area contributed by atoms with Gasteiger partial charge < -0.3 is 19.1 Å². The highest BCUT2D eigenvalue weighted by Crippen LogP contribution is 2.25. The highest BCUT2D eigenvalue weighted by Gasteiger charge is 2.23. The number of anilines is 1. The number of halogens is 1. The van der Waals surface area contributed by atoms with E-state index in [2.05, 4.69) is 4.90 Å². The van der Waals surface area contributed by atoms with Crippen LogP contribution in [0.4, 0.5) is 5.69 Å². The lowest BCUT2D eigenvalue weighted by Gasteiger charge is -2.36.